The fraction of sp³-hybridized carbons (Fsp3) is 0.455. The molecule has 0 fully saturated rings. The van der Waals surface area contributed by atoms with Crippen molar-refractivity contribution in [1.29, 1.82) is 0 Å². The molecule has 103 valence electrons. The number of carbonyl (C=O) groups is 2. The van der Waals surface area contributed by atoms with E-state index in [0.29, 0.717) is 12.8 Å². The second kappa shape index (κ2) is 19.1. The Bertz CT molecular complexity index is 268. The molecule has 7 heteroatoms. The summed E-state index contributed by atoms with van der Waals surface area (Å²) < 4.78 is 1.47. The summed E-state index contributed by atoms with van der Waals surface area (Å²) in [4.78, 5) is 19.2. The number of hydrogen-bond acceptors (Lipinski definition) is 2. The first-order chi connectivity index (χ1) is 7.43. The Labute approximate surface area is 133 Å². The predicted molar refractivity (Wildman–Crippen MR) is 60.8 cm³/mol. The molecule has 0 aromatic rings. The van der Waals surface area contributed by atoms with Gasteiger partial charge in [-0.15, -0.1) is 0 Å². The molecule has 0 unspecified atom stereocenters. The summed E-state index contributed by atoms with van der Waals surface area (Å²) in [6.07, 6.45) is 8.45. The van der Waals surface area contributed by atoms with Crippen molar-refractivity contribution in [1.82, 2.24) is 0 Å². The third-order valence-electron chi connectivity index (χ3n) is 1.47. The maximum absolute atomic E-state index is 9.59. The predicted octanol–water partition coefficient (Wildman–Crippen LogP) is -4.85. The molecule has 0 heterocycles. The van der Waals surface area contributed by atoms with Gasteiger partial charge in [-0.3, -0.25) is 9.59 Å². The van der Waals surface area contributed by atoms with Crippen LogP contribution in [-0.4, -0.2) is 11.8 Å². The van der Waals surface area contributed by atoms with E-state index in [1.807, 2.05) is 0 Å². The van der Waals surface area contributed by atoms with Crippen molar-refractivity contribution in [3.05, 3.63) is 22.1 Å². The van der Waals surface area contributed by atoms with Crippen LogP contribution in [0.1, 0.15) is 33.1 Å². The zero-order valence-corrected chi connectivity index (χ0v) is 13.7. The van der Waals surface area contributed by atoms with Gasteiger partial charge in [0.05, 0.1) is 0 Å². The Morgan fingerprint density at radius 1 is 1.17 bits per heavy atom. The molecule has 0 saturated carbocycles. The Kier molecular flexibility index (Phi) is 27.9. The van der Waals surface area contributed by atoms with Crippen LogP contribution in [-0.2, 0) is 30.0 Å². The van der Waals surface area contributed by atoms with Gasteiger partial charge in [0.1, 0.15) is 0 Å². The van der Waals surface area contributed by atoms with Crippen LogP contribution >= 0.6 is 0 Å². The molecule has 0 aromatic heterocycles. The third-order valence-corrected chi connectivity index (χ3v) is 2.05. The normalized spacial score (nSPS) is 10.3. The van der Waals surface area contributed by atoms with E-state index in [1.165, 1.54) is 10.3 Å². The zero-order valence-electron chi connectivity index (χ0n) is 10.6. The maximum atomic E-state index is 9.59. The molecule has 0 radical (unpaired) electrons. The molecule has 0 aromatic carbocycles. The van der Waals surface area contributed by atoms with Gasteiger partial charge in [-0.2, -0.15) is 0 Å². The van der Waals surface area contributed by atoms with E-state index in [9.17, 15) is 9.59 Å². The zero-order chi connectivity index (χ0) is 13.0. The summed E-state index contributed by atoms with van der Waals surface area (Å²) in [5, 5.41) is 0. The van der Waals surface area contributed by atoms with E-state index >= 15 is 0 Å². The Morgan fingerprint density at radius 3 is 1.56 bits per heavy atom. The molecule has 4 N–H and O–H groups in total. The van der Waals surface area contributed by atoms with Gasteiger partial charge in [-0.05, 0) is 0 Å². The standard InChI is InChI=1S/C5H5.2C3H7NO.2ClH.Ti/c1-2-4-5-3-1;2*1-2-3(4)5;;;/h1-3H,4H2;2*2H2,1H3,(H2,4,5);2*1H;/q;;;;;+2/p-2. The first kappa shape index (κ1) is 26.3. The molecule has 1 rings (SSSR count). The van der Waals surface area contributed by atoms with E-state index < -0.39 is 0 Å². The number of nitrogens with two attached hydrogens (primary N) is 2. The molecular weight excluding hydrogens is 311 g/mol. The molecule has 1 aliphatic carbocycles. The van der Waals surface area contributed by atoms with Gasteiger partial charge >= 0.3 is 49.0 Å². The van der Waals surface area contributed by atoms with E-state index in [-0.39, 0.29) is 36.6 Å². The average molecular weight is 330 g/mol. The molecule has 0 aliphatic heterocycles. The van der Waals surface area contributed by atoms with Gasteiger partial charge in [0.2, 0.25) is 11.8 Å². The van der Waals surface area contributed by atoms with Gasteiger partial charge in [0.25, 0.3) is 0 Å². The van der Waals surface area contributed by atoms with E-state index in [2.05, 4.69) is 50.1 Å². The third kappa shape index (κ3) is 29.6. The molecule has 1 aliphatic rings. The van der Waals surface area contributed by atoms with E-state index in [1.54, 1.807) is 13.8 Å². The Balaban J connectivity index is -0.0000000781. The van der Waals surface area contributed by atoms with Crippen molar-refractivity contribution in [2.24, 2.45) is 11.5 Å². The van der Waals surface area contributed by atoms with Crippen LogP contribution in [0.2, 0.25) is 0 Å². The molecule has 0 atom stereocenters. The molecule has 2 amide bonds. The summed E-state index contributed by atoms with van der Waals surface area (Å²) in [5.74, 6) is -0.491. The summed E-state index contributed by atoms with van der Waals surface area (Å²) in [7, 11) is 0. The molecule has 18 heavy (non-hydrogen) atoms. The summed E-state index contributed by atoms with van der Waals surface area (Å²) in [5.41, 5.74) is 9.31. The number of primary amides is 2. The molecular formula is C11H19Cl2N2O2Ti. The SMILES string of the molecule is CCC(N)=O.CCC(N)=O.[Cl-].[Cl-].[Ti+2][C]1=CC=CC1. The quantitative estimate of drug-likeness (QED) is 0.498. The molecule has 0 saturated heterocycles. The van der Waals surface area contributed by atoms with Crippen molar-refractivity contribution < 1.29 is 54.8 Å². The number of halogens is 2. The average Bonchev–Trinajstić information content (AvgIpc) is 2.71. The van der Waals surface area contributed by atoms with Gasteiger partial charge in [-0.25, -0.2) is 0 Å². The monoisotopic (exact) mass is 329 g/mol. The van der Waals surface area contributed by atoms with Gasteiger partial charge in [0, 0.05) is 12.8 Å². The molecule has 0 spiro atoms. The fourth-order valence-electron chi connectivity index (χ4n) is 0.447. The topological polar surface area (TPSA) is 86.2 Å². The van der Waals surface area contributed by atoms with Crippen LogP contribution in [0.4, 0.5) is 0 Å². The van der Waals surface area contributed by atoms with Gasteiger partial charge in [0.15, 0.2) is 0 Å². The van der Waals surface area contributed by atoms with Crippen molar-refractivity contribution in [3.8, 4) is 0 Å². The number of rotatable bonds is 2. The van der Waals surface area contributed by atoms with Crippen LogP contribution < -0.4 is 36.3 Å². The van der Waals surface area contributed by atoms with Crippen LogP contribution in [0, 0.1) is 0 Å². The number of amides is 2. The van der Waals surface area contributed by atoms with Crippen LogP contribution in [0.25, 0.3) is 0 Å². The fourth-order valence-corrected chi connectivity index (χ4v) is 0.782. The number of allylic oxidation sites excluding steroid dienone is 4. The number of hydrogen-bond donors (Lipinski definition) is 2. The second-order valence-corrected chi connectivity index (χ2v) is 3.97. The van der Waals surface area contributed by atoms with Gasteiger partial charge < -0.3 is 36.3 Å². The summed E-state index contributed by atoms with van der Waals surface area (Å²) in [6.45, 7) is 3.45. The van der Waals surface area contributed by atoms with Crippen LogP contribution in [0.15, 0.2) is 22.1 Å². The van der Waals surface area contributed by atoms with Crippen LogP contribution in [0.5, 0.6) is 0 Å². The summed E-state index contributed by atoms with van der Waals surface area (Å²) >= 11 is 2.14. The minimum atomic E-state index is -0.245. The Morgan fingerprint density at radius 2 is 1.50 bits per heavy atom. The molecule has 0 bridgehead atoms. The molecule has 4 nitrogen and oxygen atoms in total. The first-order valence-corrected chi connectivity index (χ1v) is 5.85. The van der Waals surface area contributed by atoms with E-state index in [4.69, 9.17) is 0 Å². The summed E-state index contributed by atoms with van der Waals surface area (Å²) in [6, 6.07) is 0. The van der Waals surface area contributed by atoms with Crippen molar-refractivity contribution >= 4 is 11.8 Å². The van der Waals surface area contributed by atoms with E-state index in [0.717, 1.165) is 0 Å². The second-order valence-electron chi connectivity index (χ2n) is 2.96. The van der Waals surface area contributed by atoms with Crippen molar-refractivity contribution in [2.45, 2.75) is 33.1 Å². The van der Waals surface area contributed by atoms with Crippen LogP contribution in [0.3, 0.4) is 0 Å². The van der Waals surface area contributed by atoms with Gasteiger partial charge in [-0.1, -0.05) is 13.8 Å². The Hall–Kier alpha value is -0.286. The minimum absolute atomic E-state index is 0. The first-order valence-electron chi connectivity index (χ1n) is 5.07. The van der Waals surface area contributed by atoms with Crippen molar-refractivity contribution in [2.75, 3.05) is 0 Å². The van der Waals surface area contributed by atoms with Crippen molar-refractivity contribution in [3.63, 3.8) is 0 Å². The number of carbonyl (C=O) groups excluding carboxylic acids is 2.